The van der Waals surface area contributed by atoms with Crippen LogP contribution >= 0.6 is 11.6 Å². The monoisotopic (exact) mass is 247 g/mol. The molecule has 0 aliphatic heterocycles. The van der Waals surface area contributed by atoms with E-state index in [9.17, 15) is 0 Å². The van der Waals surface area contributed by atoms with E-state index in [2.05, 4.69) is 5.32 Å². The van der Waals surface area contributed by atoms with Gasteiger partial charge in [0.25, 0.3) is 0 Å². The van der Waals surface area contributed by atoms with E-state index in [1.807, 2.05) is 6.92 Å². The Morgan fingerprint density at radius 1 is 1.25 bits per heavy atom. The summed E-state index contributed by atoms with van der Waals surface area (Å²) in [6, 6.07) is 0. The van der Waals surface area contributed by atoms with Gasteiger partial charge >= 0.3 is 0 Å². The third-order valence-corrected chi connectivity index (χ3v) is 3.91. The zero-order valence-electron chi connectivity index (χ0n) is 10.5. The van der Waals surface area contributed by atoms with Crippen molar-refractivity contribution < 1.29 is 4.74 Å². The average Bonchev–Trinajstić information content (AvgIpc) is 2.34. The molecule has 1 fully saturated rings. The molecule has 0 saturated heterocycles. The van der Waals surface area contributed by atoms with Crippen LogP contribution in [0.2, 0.25) is 0 Å². The Morgan fingerprint density at radius 2 is 2.00 bits per heavy atom. The van der Waals surface area contributed by atoms with Crippen molar-refractivity contribution in [2.24, 2.45) is 11.8 Å². The summed E-state index contributed by atoms with van der Waals surface area (Å²) in [5.41, 5.74) is 0. The third kappa shape index (κ3) is 5.51. The van der Waals surface area contributed by atoms with Crippen molar-refractivity contribution in [1.29, 1.82) is 0 Å². The Kier molecular flexibility index (Phi) is 8.26. The van der Waals surface area contributed by atoms with Gasteiger partial charge in [-0.25, -0.2) is 0 Å². The van der Waals surface area contributed by atoms with E-state index in [0.29, 0.717) is 0 Å². The molecule has 0 aromatic rings. The summed E-state index contributed by atoms with van der Waals surface area (Å²) in [4.78, 5) is 0. The molecule has 0 aromatic heterocycles. The smallest absolute Gasteiger partial charge is 0.0477 e. The van der Waals surface area contributed by atoms with Crippen LogP contribution in [0.3, 0.4) is 0 Å². The lowest BCUT2D eigenvalue weighted by Crippen LogP contribution is -2.32. The zero-order chi connectivity index (χ0) is 11.6. The zero-order valence-corrected chi connectivity index (χ0v) is 11.3. The summed E-state index contributed by atoms with van der Waals surface area (Å²) in [5, 5.41) is 3.54. The lowest BCUT2D eigenvalue weighted by molar-refractivity contribution is 0.143. The summed E-state index contributed by atoms with van der Waals surface area (Å²) in [5.74, 6) is 2.39. The molecule has 2 unspecified atom stereocenters. The molecule has 0 heterocycles. The predicted molar refractivity (Wildman–Crippen MR) is 70.1 cm³/mol. The van der Waals surface area contributed by atoms with Crippen LogP contribution in [0, 0.1) is 11.8 Å². The van der Waals surface area contributed by atoms with Gasteiger partial charge in [-0.05, 0) is 51.1 Å². The number of hydrogen-bond donors (Lipinski definition) is 1. The molecule has 1 aliphatic rings. The molecule has 0 spiro atoms. The molecule has 2 atom stereocenters. The molecule has 1 aliphatic carbocycles. The summed E-state index contributed by atoms with van der Waals surface area (Å²) >= 11 is 6.01. The highest BCUT2D eigenvalue weighted by Crippen LogP contribution is 2.30. The normalized spacial score (nSPS) is 25.9. The molecule has 16 heavy (non-hydrogen) atoms. The lowest BCUT2D eigenvalue weighted by atomic mass is 9.80. The SMILES string of the molecule is CCOCCCNCC1CCCCC1CCl. The maximum atomic E-state index is 6.01. The molecule has 1 N–H and O–H groups in total. The molecular formula is C13H26ClNO. The number of hydrogen-bond acceptors (Lipinski definition) is 2. The minimum atomic E-state index is 0.745. The van der Waals surface area contributed by atoms with E-state index in [4.69, 9.17) is 16.3 Å². The second-order valence-corrected chi connectivity index (χ2v) is 5.02. The van der Waals surface area contributed by atoms with Crippen molar-refractivity contribution in [1.82, 2.24) is 5.32 Å². The van der Waals surface area contributed by atoms with Crippen LogP contribution in [0.5, 0.6) is 0 Å². The fraction of sp³-hybridized carbons (Fsp3) is 1.00. The minimum absolute atomic E-state index is 0.745. The molecular weight excluding hydrogens is 222 g/mol. The topological polar surface area (TPSA) is 21.3 Å². The highest BCUT2D eigenvalue weighted by atomic mass is 35.5. The van der Waals surface area contributed by atoms with Crippen molar-refractivity contribution in [3.8, 4) is 0 Å². The summed E-state index contributed by atoms with van der Waals surface area (Å²) in [6.45, 7) is 5.97. The van der Waals surface area contributed by atoms with Crippen LogP contribution in [0.1, 0.15) is 39.0 Å². The van der Waals surface area contributed by atoms with E-state index in [1.54, 1.807) is 0 Å². The van der Waals surface area contributed by atoms with Gasteiger partial charge < -0.3 is 10.1 Å². The number of halogens is 1. The molecule has 1 rings (SSSR count). The van der Waals surface area contributed by atoms with Crippen LogP contribution < -0.4 is 5.32 Å². The van der Waals surface area contributed by atoms with E-state index >= 15 is 0 Å². The fourth-order valence-electron chi connectivity index (χ4n) is 2.49. The van der Waals surface area contributed by atoms with E-state index in [1.165, 1.54) is 25.7 Å². The Hall–Kier alpha value is 0.210. The highest BCUT2D eigenvalue weighted by Gasteiger charge is 2.23. The van der Waals surface area contributed by atoms with E-state index in [-0.39, 0.29) is 0 Å². The van der Waals surface area contributed by atoms with Crippen molar-refractivity contribution in [3.63, 3.8) is 0 Å². The first kappa shape index (κ1) is 14.3. The molecule has 0 aromatic carbocycles. The lowest BCUT2D eigenvalue weighted by Gasteiger charge is -2.30. The maximum absolute atomic E-state index is 6.01. The number of alkyl halides is 1. The molecule has 0 radical (unpaired) electrons. The van der Waals surface area contributed by atoms with E-state index in [0.717, 1.165) is 50.4 Å². The van der Waals surface area contributed by atoms with Gasteiger partial charge in [0.15, 0.2) is 0 Å². The van der Waals surface area contributed by atoms with Crippen LogP contribution in [0.4, 0.5) is 0 Å². The first-order valence-corrected chi connectivity index (χ1v) is 7.26. The number of nitrogens with one attached hydrogen (secondary N) is 1. The number of ether oxygens (including phenoxy) is 1. The quantitative estimate of drug-likeness (QED) is 0.526. The largest absolute Gasteiger partial charge is 0.382 e. The Morgan fingerprint density at radius 3 is 2.69 bits per heavy atom. The molecule has 3 heteroatoms. The van der Waals surface area contributed by atoms with Gasteiger partial charge in [-0.2, -0.15) is 0 Å². The Bertz CT molecular complexity index is 166. The second-order valence-electron chi connectivity index (χ2n) is 4.71. The van der Waals surface area contributed by atoms with Crippen molar-refractivity contribution >= 4 is 11.6 Å². The molecule has 2 nitrogen and oxygen atoms in total. The minimum Gasteiger partial charge on any atom is -0.382 e. The molecule has 1 saturated carbocycles. The van der Waals surface area contributed by atoms with Crippen LogP contribution in [-0.4, -0.2) is 32.2 Å². The van der Waals surface area contributed by atoms with Gasteiger partial charge in [0.1, 0.15) is 0 Å². The van der Waals surface area contributed by atoms with E-state index < -0.39 is 0 Å². The summed E-state index contributed by atoms with van der Waals surface area (Å²) in [6.07, 6.45) is 6.56. The maximum Gasteiger partial charge on any atom is 0.0477 e. The van der Waals surface area contributed by atoms with Gasteiger partial charge in [-0.15, -0.1) is 11.6 Å². The fourth-order valence-corrected chi connectivity index (χ4v) is 2.89. The van der Waals surface area contributed by atoms with Gasteiger partial charge in [-0.3, -0.25) is 0 Å². The second kappa shape index (κ2) is 9.26. The molecule has 0 amide bonds. The first-order valence-electron chi connectivity index (χ1n) is 6.73. The van der Waals surface area contributed by atoms with Crippen LogP contribution in [-0.2, 0) is 4.74 Å². The van der Waals surface area contributed by atoms with Gasteiger partial charge in [0.05, 0.1) is 0 Å². The van der Waals surface area contributed by atoms with Crippen LogP contribution in [0.15, 0.2) is 0 Å². The summed E-state index contributed by atoms with van der Waals surface area (Å²) < 4.78 is 5.31. The Balaban J connectivity index is 2.02. The molecule has 96 valence electrons. The van der Waals surface area contributed by atoms with Crippen molar-refractivity contribution in [3.05, 3.63) is 0 Å². The third-order valence-electron chi connectivity index (χ3n) is 3.52. The van der Waals surface area contributed by atoms with Crippen molar-refractivity contribution in [2.75, 3.05) is 32.2 Å². The van der Waals surface area contributed by atoms with Gasteiger partial charge in [-0.1, -0.05) is 12.8 Å². The van der Waals surface area contributed by atoms with Gasteiger partial charge in [0.2, 0.25) is 0 Å². The van der Waals surface area contributed by atoms with Gasteiger partial charge in [0, 0.05) is 19.1 Å². The molecule has 0 bridgehead atoms. The van der Waals surface area contributed by atoms with Crippen LogP contribution in [0.25, 0.3) is 0 Å². The first-order chi connectivity index (χ1) is 7.88. The predicted octanol–water partition coefficient (Wildman–Crippen LogP) is 3.05. The highest BCUT2D eigenvalue weighted by molar-refractivity contribution is 6.18. The summed E-state index contributed by atoms with van der Waals surface area (Å²) in [7, 11) is 0. The number of rotatable bonds is 8. The Labute approximate surface area is 105 Å². The van der Waals surface area contributed by atoms with Crippen molar-refractivity contribution in [2.45, 2.75) is 39.0 Å². The standard InChI is InChI=1S/C13H26ClNO/c1-2-16-9-5-8-15-11-13-7-4-3-6-12(13)10-14/h12-13,15H,2-11H2,1H3. The average molecular weight is 248 g/mol.